The number of sulfonamides is 1. The smallest absolute Gasteiger partial charge is 0.252 e. The number of sulfone groups is 1. The van der Waals surface area contributed by atoms with Gasteiger partial charge in [-0.2, -0.15) is 0 Å². The number of nitrogens with one attached hydrogen (secondary N) is 2. The summed E-state index contributed by atoms with van der Waals surface area (Å²) in [6.45, 7) is 1.80. The van der Waals surface area contributed by atoms with Crippen molar-refractivity contribution in [1.82, 2.24) is 10.0 Å². The van der Waals surface area contributed by atoms with Gasteiger partial charge in [0.05, 0.1) is 22.8 Å². The summed E-state index contributed by atoms with van der Waals surface area (Å²) in [5.74, 6) is -0.747. The third kappa shape index (κ3) is 7.02. The lowest BCUT2D eigenvalue weighted by atomic mass is 10.2. The van der Waals surface area contributed by atoms with Gasteiger partial charge in [0.2, 0.25) is 10.0 Å². The predicted molar refractivity (Wildman–Crippen MR) is 97.9 cm³/mol. The zero-order valence-corrected chi connectivity index (χ0v) is 17.1. The third-order valence-corrected chi connectivity index (χ3v) is 7.09. The second kappa shape index (κ2) is 9.62. The highest BCUT2D eigenvalue weighted by molar-refractivity contribution is 9.10. The first kappa shape index (κ1) is 22.0. The number of halogens is 1. The maximum Gasteiger partial charge on any atom is 0.252 e. The van der Waals surface area contributed by atoms with E-state index in [-0.39, 0.29) is 41.7 Å². The molecule has 0 heterocycles. The Kier molecular flexibility index (Phi) is 8.48. The first-order chi connectivity index (χ1) is 11.6. The molecule has 1 amide bonds. The molecule has 8 nitrogen and oxygen atoms in total. The van der Waals surface area contributed by atoms with E-state index >= 15 is 0 Å². The molecule has 0 aliphatic heterocycles. The Morgan fingerprint density at radius 1 is 1.20 bits per heavy atom. The van der Waals surface area contributed by atoms with Crippen LogP contribution in [0.25, 0.3) is 0 Å². The van der Waals surface area contributed by atoms with Crippen molar-refractivity contribution in [3.05, 3.63) is 28.2 Å². The van der Waals surface area contributed by atoms with Crippen LogP contribution in [-0.4, -0.2) is 61.1 Å². The largest absolute Gasteiger partial charge is 0.383 e. The van der Waals surface area contributed by atoms with Crippen molar-refractivity contribution in [2.75, 3.05) is 38.3 Å². The molecule has 1 aromatic carbocycles. The van der Waals surface area contributed by atoms with Crippen LogP contribution in [0.3, 0.4) is 0 Å². The Labute approximate surface area is 156 Å². The minimum atomic E-state index is -3.78. The first-order valence-corrected chi connectivity index (χ1v) is 11.5. The highest BCUT2D eigenvalue weighted by atomic mass is 79.9. The molecular formula is C14H21BrN2O6S2. The molecule has 25 heavy (non-hydrogen) atoms. The number of amides is 1. The molecule has 0 aliphatic rings. The van der Waals surface area contributed by atoms with Gasteiger partial charge in [-0.05, 0) is 34.1 Å². The second-order valence-electron chi connectivity index (χ2n) is 5.02. The fourth-order valence-corrected chi connectivity index (χ4v) is 3.93. The zero-order valence-electron chi connectivity index (χ0n) is 13.9. The molecule has 0 saturated heterocycles. The molecule has 0 aliphatic carbocycles. The molecule has 0 saturated carbocycles. The van der Waals surface area contributed by atoms with E-state index < -0.39 is 25.8 Å². The first-order valence-electron chi connectivity index (χ1n) is 7.39. The van der Waals surface area contributed by atoms with Crippen molar-refractivity contribution in [2.24, 2.45) is 0 Å². The molecule has 0 atom stereocenters. The summed E-state index contributed by atoms with van der Waals surface area (Å²) in [7, 11) is -5.52. The van der Waals surface area contributed by atoms with Crippen LogP contribution in [0, 0.1) is 0 Å². The van der Waals surface area contributed by atoms with E-state index in [0.717, 1.165) is 0 Å². The van der Waals surface area contributed by atoms with E-state index in [4.69, 9.17) is 4.74 Å². The van der Waals surface area contributed by atoms with E-state index in [0.29, 0.717) is 4.47 Å². The molecule has 1 aromatic rings. The van der Waals surface area contributed by atoms with Gasteiger partial charge in [0.15, 0.2) is 9.84 Å². The number of hydrogen-bond donors (Lipinski definition) is 2. The Bertz CT molecular complexity index is 809. The second-order valence-corrected chi connectivity index (χ2v) is 10.1. The summed E-state index contributed by atoms with van der Waals surface area (Å²) in [5.41, 5.74) is 0.100. The van der Waals surface area contributed by atoms with Gasteiger partial charge >= 0.3 is 0 Å². The molecule has 0 fully saturated rings. The fourth-order valence-electron chi connectivity index (χ4n) is 1.77. The van der Waals surface area contributed by atoms with Crippen molar-refractivity contribution in [3.8, 4) is 0 Å². The van der Waals surface area contributed by atoms with Crippen LogP contribution >= 0.6 is 15.9 Å². The molecule has 1 rings (SSSR count). The highest BCUT2D eigenvalue weighted by Crippen LogP contribution is 2.21. The summed E-state index contributed by atoms with van der Waals surface area (Å²) < 4.78 is 54.8. The van der Waals surface area contributed by atoms with Crippen LogP contribution in [0.1, 0.15) is 17.3 Å². The molecule has 142 valence electrons. The van der Waals surface area contributed by atoms with Crippen molar-refractivity contribution in [1.29, 1.82) is 0 Å². The van der Waals surface area contributed by atoms with E-state index in [9.17, 15) is 21.6 Å². The molecule has 0 spiro atoms. The Hall–Kier alpha value is -1.01. The number of ether oxygens (including phenoxy) is 1. The summed E-state index contributed by atoms with van der Waals surface area (Å²) in [5, 5.41) is 2.48. The lowest BCUT2D eigenvalue weighted by molar-refractivity contribution is 0.0955. The van der Waals surface area contributed by atoms with Gasteiger partial charge in [-0.1, -0.05) is 6.92 Å². The highest BCUT2D eigenvalue weighted by Gasteiger charge is 2.18. The monoisotopic (exact) mass is 456 g/mol. The lowest BCUT2D eigenvalue weighted by Crippen LogP contribution is -2.30. The molecule has 11 heteroatoms. The Morgan fingerprint density at radius 3 is 2.48 bits per heavy atom. The standard InChI is InChI=1S/C14H21BrN2O6S2/c1-3-24(19,20)9-7-16-14(18)12-10-11(4-5-13(12)15)25(21,22)17-6-8-23-2/h4-5,10,17H,3,6-9H2,1-2H3,(H,16,18). The van der Waals surface area contributed by atoms with E-state index in [1.165, 1.54) is 32.2 Å². The average Bonchev–Trinajstić information content (AvgIpc) is 2.55. The van der Waals surface area contributed by atoms with Gasteiger partial charge in [0.1, 0.15) is 0 Å². The van der Waals surface area contributed by atoms with Crippen LogP contribution in [0.5, 0.6) is 0 Å². The SMILES string of the molecule is CCS(=O)(=O)CCNC(=O)c1cc(S(=O)(=O)NCCOC)ccc1Br. The Morgan fingerprint density at radius 2 is 1.88 bits per heavy atom. The number of rotatable bonds is 10. The Balaban J connectivity index is 2.88. The van der Waals surface area contributed by atoms with Gasteiger partial charge in [0.25, 0.3) is 5.91 Å². The molecule has 0 radical (unpaired) electrons. The third-order valence-electron chi connectivity index (χ3n) is 3.23. The van der Waals surface area contributed by atoms with Gasteiger partial charge in [-0.3, -0.25) is 4.79 Å². The van der Waals surface area contributed by atoms with Gasteiger partial charge in [-0.25, -0.2) is 21.6 Å². The topological polar surface area (TPSA) is 119 Å². The maximum atomic E-state index is 12.2. The average molecular weight is 457 g/mol. The van der Waals surface area contributed by atoms with Gasteiger partial charge in [0, 0.05) is 30.4 Å². The summed E-state index contributed by atoms with van der Waals surface area (Å²) in [6, 6.07) is 4.03. The quantitative estimate of drug-likeness (QED) is 0.495. The van der Waals surface area contributed by atoms with Crippen LogP contribution in [0.4, 0.5) is 0 Å². The van der Waals surface area contributed by atoms with E-state index in [1.807, 2.05) is 0 Å². The summed E-state index contributed by atoms with van der Waals surface area (Å²) >= 11 is 3.19. The molecule has 0 bridgehead atoms. The lowest BCUT2D eigenvalue weighted by Gasteiger charge is -2.10. The van der Waals surface area contributed by atoms with Gasteiger partial charge < -0.3 is 10.1 Å². The fraction of sp³-hybridized carbons (Fsp3) is 0.500. The number of carbonyl (C=O) groups is 1. The van der Waals surface area contributed by atoms with Crippen LogP contribution in [0.15, 0.2) is 27.6 Å². The zero-order chi connectivity index (χ0) is 19.1. The van der Waals surface area contributed by atoms with Gasteiger partial charge in [-0.15, -0.1) is 0 Å². The number of benzene rings is 1. The number of carbonyl (C=O) groups excluding carboxylic acids is 1. The predicted octanol–water partition coefficient (Wildman–Crippen LogP) is 0.538. The van der Waals surface area contributed by atoms with Crippen LogP contribution in [-0.2, 0) is 24.6 Å². The van der Waals surface area contributed by atoms with E-state index in [2.05, 4.69) is 26.0 Å². The van der Waals surface area contributed by atoms with Crippen molar-refractivity contribution < 1.29 is 26.4 Å². The summed E-state index contributed by atoms with van der Waals surface area (Å²) in [4.78, 5) is 12.1. The van der Waals surface area contributed by atoms with Crippen molar-refractivity contribution in [2.45, 2.75) is 11.8 Å². The van der Waals surface area contributed by atoms with Crippen molar-refractivity contribution in [3.63, 3.8) is 0 Å². The number of hydrogen-bond acceptors (Lipinski definition) is 6. The van der Waals surface area contributed by atoms with E-state index in [1.54, 1.807) is 0 Å². The minimum absolute atomic E-state index is 0.00651. The molecule has 0 unspecified atom stereocenters. The summed E-state index contributed by atoms with van der Waals surface area (Å²) in [6.07, 6.45) is 0. The normalized spacial score (nSPS) is 12.1. The molecular weight excluding hydrogens is 436 g/mol. The maximum absolute atomic E-state index is 12.2. The minimum Gasteiger partial charge on any atom is -0.383 e. The molecule has 0 aromatic heterocycles. The van der Waals surface area contributed by atoms with Crippen LogP contribution < -0.4 is 10.0 Å². The van der Waals surface area contributed by atoms with Crippen molar-refractivity contribution >= 4 is 41.7 Å². The van der Waals surface area contributed by atoms with Crippen LogP contribution in [0.2, 0.25) is 0 Å². The molecule has 2 N–H and O–H groups in total. The number of methoxy groups -OCH3 is 1.